The summed E-state index contributed by atoms with van der Waals surface area (Å²) in [5.41, 5.74) is 5.07. The van der Waals surface area contributed by atoms with Crippen LogP contribution in [0.3, 0.4) is 0 Å². The smallest absolute Gasteiger partial charge is 0.140 e. The van der Waals surface area contributed by atoms with Crippen LogP contribution in [0.2, 0.25) is 0 Å². The number of benzene rings is 1. The summed E-state index contributed by atoms with van der Waals surface area (Å²) in [6, 6.07) is 8.65. The van der Waals surface area contributed by atoms with Gasteiger partial charge < -0.3 is 4.90 Å². The summed E-state index contributed by atoms with van der Waals surface area (Å²) in [6.07, 6.45) is 8.29. The first-order valence-electron chi connectivity index (χ1n) is 7.36. The zero-order valence-electron chi connectivity index (χ0n) is 12.2. The van der Waals surface area contributed by atoms with Crippen molar-refractivity contribution in [2.75, 3.05) is 19.0 Å². The monoisotopic (exact) mass is 267 g/mol. The molecule has 3 rings (SSSR count). The van der Waals surface area contributed by atoms with Crippen LogP contribution in [0.5, 0.6) is 0 Å². The Hall–Kier alpha value is -1.83. The van der Waals surface area contributed by atoms with Crippen molar-refractivity contribution in [2.45, 2.75) is 25.7 Å². The van der Waals surface area contributed by atoms with Gasteiger partial charge in [-0.1, -0.05) is 24.3 Å². The van der Waals surface area contributed by atoms with Gasteiger partial charge in [0.1, 0.15) is 5.78 Å². The molecular weight excluding hydrogens is 246 g/mol. The third kappa shape index (κ3) is 2.43. The summed E-state index contributed by atoms with van der Waals surface area (Å²) in [4.78, 5) is 14.0. The Morgan fingerprint density at radius 1 is 1.15 bits per heavy atom. The third-order valence-electron chi connectivity index (χ3n) is 4.36. The lowest BCUT2D eigenvalue weighted by molar-refractivity contribution is -0.119. The van der Waals surface area contributed by atoms with E-state index in [0.717, 1.165) is 25.7 Å². The van der Waals surface area contributed by atoms with E-state index < -0.39 is 0 Å². The van der Waals surface area contributed by atoms with Gasteiger partial charge in [0, 0.05) is 32.1 Å². The van der Waals surface area contributed by atoms with Gasteiger partial charge in [-0.3, -0.25) is 4.79 Å². The third-order valence-corrected chi connectivity index (χ3v) is 4.36. The Kier molecular flexibility index (Phi) is 3.47. The van der Waals surface area contributed by atoms with Crippen molar-refractivity contribution in [1.29, 1.82) is 0 Å². The Bertz CT molecular complexity index is 578. The lowest BCUT2D eigenvalue weighted by atomic mass is 9.97. The number of carbonyl (C=O) groups is 1. The van der Waals surface area contributed by atoms with E-state index in [1.54, 1.807) is 0 Å². The summed E-state index contributed by atoms with van der Waals surface area (Å²) in [7, 11) is 4.10. The molecular formula is C18H21NO. The Balaban J connectivity index is 1.78. The second-order valence-corrected chi connectivity index (χ2v) is 5.93. The first kappa shape index (κ1) is 13.2. The topological polar surface area (TPSA) is 20.3 Å². The van der Waals surface area contributed by atoms with Gasteiger partial charge in [0.2, 0.25) is 0 Å². The van der Waals surface area contributed by atoms with E-state index in [2.05, 4.69) is 55.4 Å². The number of carbonyl (C=O) groups excluding carboxylic acids is 1. The van der Waals surface area contributed by atoms with Gasteiger partial charge in [-0.25, -0.2) is 0 Å². The molecule has 0 aromatic heterocycles. The molecule has 2 aliphatic carbocycles. The molecule has 0 aliphatic heterocycles. The van der Waals surface area contributed by atoms with Crippen LogP contribution in [0.1, 0.15) is 31.2 Å². The number of nitrogens with zero attached hydrogens (tertiary/aromatic N) is 1. The van der Waals surface area contributed by atoms with Crippen molar-refractivity contribution in [2.24, 2.45) is 5.92 Å². The minimum Gasteiger partial charge on any atom is -0.378 e. The molecule has 0 saturated heterocycles. The molecule has 104 valence electrons. The van der Waals surface area contributed by atoms with E-state index in [-0.39, 0.29) is 5.92 Å². The Morgan fingerprint density at radius 2 is 1.90 bits per heavy atom. The van der Waals surface area contributed by atoms with Crippen molar-refractivity contribution >= 4 is 17.0 Å². The van der Waals surface area contributed by atoms with E-state index in [0.29, 0.717) is 5.78 Å². The van der Waals surface area contributed by atoms with Crippen molar-refractivity contribution in [3.8, 4) is 0 Å². The minimum atomic E-state index is 0.175. The molecule has 1 aromatic rings. The van der Waals surface area contributed by atoms with Crippen LogP contribution in [0, 0.1) is 5.92 Å². The molecule has 1 atom stereocenters. The maximum atomic E-state index is 11.8. The van der Waals surface area contributed by atoms with E-state index in [1.165, 1.54) is 22.4 Å². The van der Waals surface area contributed by atoms with E-state index in [1.807, 2.05) is 0 Å². The number of Topliss-reactive ketones (excluding diaryl/α,β-unsaturated/α-hetero) is 1. The van der Waals surface area contributed by atoms with Crippen LogP contribution in [-0.2, 0) is 4.79 Å². The van der Waals surface area contributed by atoms with Crippen LogP contribution in [-0.4, -0.2) is 19.9 Å². The number of rotatable bonds is 3. The molecule has 0 bridgehead atoms. The number of hydrogen-bond donors (Lipinski definition) is 0. The predicted octanol–water partition coefficient (Wildman–Crippen LogP) is 3.84. The highest BCUT2D eigenvalue weighted by molar-refractivity contribution is 5.88. The quantitative estimate of drug-likeness (QED) is 0.829. The molecule has 20 heavy (non-hydrogen) atoms. The summed E-state index contributed by atoms with van der Waals surface area (Å²) in [5.74, 6) is 0.602. The number of anilines is 1. The fourth-order valence-corrected chi connectivity index (χ4v) is 3.13. The standard InChI is InChI=1S/C18H21NO/c1-19(2)16-10-8-13(9-11-16)14-6-7-15(12-14)17-4-3-5-18(17)20/h7-12,17H,3-6H2,1-2H3. The number of ketones is 1. The molecule has 1 unspecified atom stereocenters. The Labute approximate surface area is 120 Å². The molecule has 2 nitrogen and oxygen atoms in total. The van der Waals surface area contributed by atoms with E-state index in [4.69, 9.17) is 0 Å². The highest BCUT2D eigenvalue weighted by Crippen LogP contribution is 2.36. The summed E-state index contributed by atoms with van der Waals surface area (Å²) < 4.78 is 0. The van der Waals surface area contributed by atoms with Crippen LogP contribution in [0.15, 0.2) is 42.0 Å². The van der Waals surface area contributed by atoms with Crippen molar-refractivity contribution < 1.29 is 4.79 Å². The molecule has 1 fully saturated rings. The predicted molar refractivity (Wildman–Crippen MR) is 83.8 cm³/mol. The molecule has 1 aromatic carbocycles. The zero-order valence-corrected chi connectivity index (χ0v) is 12.2. The summed E-state index contributed by atoms with van der Waals surface area (Å²) >= 11 is 0. The first-order valence-corrected chi connectivity index (χ1v) is 7.36. The minimum absolute atomic E-state index is 0.175. The van der Waals surface area contributed by atoms with E-state index >= 15 is 0 Å². The second kappa shape index (κ2) is 5.28. The van der Waals surface area contributed by atoms with Gasteiger partial charge in [-0.15, -0.1) is 0 Å². The van der Waals surface area contributed by atoms with Crippen LogP contribution < -0.4 is 4.90 Å². The van der Waals surface area contributed by atoms with Gasteiger partial charge in [0.25, 0.3) is 0 Å². The Morgan fingerprint density at radius 3 is 2.50 bits per heavy atom. The maximum Gasteiger partial charge on any atom is 0.140 e. The number of hydrogen-bond acceptors (Lipinski definition) is 2. The van der Waals surface area contributed by atoms with Crippen LogP contribution >= 0.6 is 0 Å². The average molecular weight is 267 g/mol. The average Bonchev–Trinajstić information content (AvgIpc) is 3.07. The molecule has 0 N–H and O–H groups in total. The molecule has 2 aliphatic rings. The van der Waals surface area contributed by atoms with Crippen LogP contribution in [0.25, 0.3) is 5.57 Å². The zero-order chi connectivity index (χ0) is 14.1. The van der Waals surface area contributed by atoms with E-state index in [9.17, 15) is 4.79 Å². The molecule has 1 saturated carbocycles. The van der Waals surface area contributed by atoms with Crippen molar-refractivity contribution in [3.05, 3.63) is 47.6 Å². The maximum absolute atomic E-state index is 11.8. The van der Waals surface area contributed by atoms with Crippen molar-refractivity contribution in [1.82, 2.24) is 0 Å². The largest absolute Gasteiger partial charge is 0.378 e. The molecule has 0 amide bonds. The first-order chi connectivity index (χ1) is 9.65. The summed E-state index contributed by atoms with van der Waals surface area (Å²) in [5, 5.41) is 0. The molecule has 2 heteroatoms. The van der Waals surface area contributed by atoms with Crippen molar-refractivity contribution in [3.63, 3.8) is 0 Å². The van der Waals surface area contributed by atoms with Gasteiger partial charge in [0.05, 0.1) is 0 Å². The van der Waals surface area contributed by atoms with Gasteiger partial charge in [-0.05, 0) is 48.1 Å². The normalized spacial score (nSPS) is 21.9. The SMILES string of the molecule is CN(C)c1ccc(C2=CC(C3CCCC3=O)=CC2)cc1. The number of allylic oxidation sites excluding steroid dienone is 4. The molecule has 0 spiro atoms. The fraction of sp³-hybridized carbons (Fsp3) is 0.389. The molecule has 0 heterocycles. The highest BCUT2D eigenvalue weighted by atomic mass is 16.1. The lowest BCUT2D eigenvalue weighted by Gasteiger charge is -2.13. The fourth-order valence-electron chi connectivity index (χ4n) is 3.13. The molecule has 0 radical (unpaired) electrons. The van der Waals surface area contributed by atoms with Gasteiger partial charge in [-0.2, -0.15) is 0 Å². The highest BCUT2D eigenvalue weighted by Gasteiger charge is 2.28. The second-order valence-electron chi connectivity index (χ2n) is 5.93. The van der Waals surface area contributed by atoms with Crippen LogP contribution in [0.4, 0.5) is 5.69 Å². The van der Waals surface area contributed by atoms with Gasteiger partial charge >= 0.3 is 0 Å². The lowest BCUT2D eigenvalue weighted by Crippen LogP contribution is -2.08. The van der Waals surface area contributed by atoms with Gasteiger partial charge in [0.15, 0.2) is 0 Å². The summed E-state index contributed by atoms with van der Waals surface area (Å²) in [6.45, 7) is 0.